The van der Waals surface area contributed by atoms with Crippen molar-refractivity contribution < 1.29 is 4.79 Å². The Labute approximate surface area is 127 Å². The minimum absolute atomic E-state index is 0.00169. The molecule has 0 atom stereocenters. The van der Waals surface area contributed by atoms with E-state index in [2.05, 4.69) is 39.9 Å². The van der Waals surface area contributed by atoms with Crippen LogP contribution in [0.1, 0.15) is 57.0 Å². The average molecular weight is 296 g/mol. The van der Waals surface area contributed by atoms with Crippen LogP contribution in [0, 0.1) is 5.41 Å². The summed E-state index contributed by atoms with van der Waals surface area (Å²) in [5.74, 6) is 0.611. The summed E-state index contributed by atoms with van der Waals surface area (Å²) < 4.78 is 0. The van der Waals surface area contributed by atoms with Gasteiger partial charge in [-0.05, 0) is 28.9 Å². The van der Waals surface area contributed by atoms with Crippen molar-refractivity contribution >= 4 is 17.5 Å². The lowest BCUT2D eigenvalue weighted by molar-refractivity contribution is 0.0933. The van der Waals surface area contributed by atoms with Gasteiger partial charge in [0.05, 0.1) is 0 Å². The summed E-state index contributed by atoms with van der Waals surface area (Å²) in [6.45, 7) is 11.2. The molecule has 0 aliphatic carbocycles. The summed E-state index contributed by atoms with van der Waals surface area (Å²) in [5, 5.41) is 3.04. The van der Waals surface area contributed by atoms with Crippen LogP contribution in [0.25, 0.3) is 0 Å². The van der Waals surface area contributed by atoms with Crippen LogP contribution in [0.3, 0.4) is 0 Å². The number of rotatable bonds is 5. The highest BCUT2D eigenvalue weighted by atomic mass is 35.5. The number of carbonyl (C=O) groups excluding carboxylic acids is 1. The lowest BCUT2D eigenvalue weighted by Gasteiger charge is -2.26. The van der Waals surface area contributed by atoms with E-state index in [1.807, 2.05) is 24.3 Å². The molecule has 0 bridgehead atoms. The van der Waals surface area contributed by atoms with E-state index < -0.39 is 0 Å². The van der Waals surface area contributed by atoms with E-state index in [9.17, 15) is 4.79 Å². The van der Waals surface area contributed by atoms with Crippen molar-refractivity contribution in [2.24, 2.45) is 5.41 Å². The predicted octanol–water partition coefficient (Wildman–Crippen LogP) is 4.37. The average Bonchev–Trinajstić information content (AvgIpc) is 2.35. The number of alkyl halides is 1. The zero-order valence-corrected chi connectivity index (χ0v) is 14.0. The molecule has 112 valence electrons. The summed E-state index contributed by atoms with van der Waals surface area (Å²) in [6.07, 6.45) is 0.885. The van der Waals surface area contributed by atoms with Gasteiger partial charge in [0.25, 0.3) is 5.91 Å². The van der Waals surface area contributed by atoms with Crippen molar-refractivity contribution in [3.63, 3.8) is 0 Å². The van der Waals surface area contributed by atoms with Gasteiger partial charge in [0.2, 0.25) is 0 Å². The molecule has 1 N–H and O–H groups in total. The van der Waals surface area contributed by atoms with Crippen LogP contribution in [0.2, 0.25) is 0 Å². The Morgan fingerprint density at radius 2 is 1.75 bits per heavy atom. The van der Waals surface area contributed by atoms with Crippen LogP contribution >= 0.6 is 11.6 Å². The van der Waals surface area contributed by atoms with E-state index >= 15 is 0 Å². The molecule has 1 aromatic carbocycles. The SMILES string of the molecule is CC(C)(CCCl)CNC(=O)c1ccccc1C(C)(C)C. The second-order valence-electron chi connectivity index (χ2n) is 7.08. The van der Waals surface area contributed by atoms with E-state index in [1.54, 1.807) is 0 Å². The van der Waals surface area contributed by atoms with Crippen LogP contribution in [-0.4, -0.2) is 18.3 Å². The first kappa shape index (κ1) is 17.0. The molecule has 20 heavy (non-hydrogen) atoms. The van der Waals surface area contributed by atoms with Gasteiger partial charge in [0.1, 0.15) is 0 Å². The zero-order chi connectivity index (χ0) is 15.4. The lowest BCUT2D eigenvalue weighted by Crippen LogP contribution is -2.35. The minimum atomic E-state index is -0.0421. The van der Waals surface area contributed by atoms with Crippen molar-refractivity contribution in [3.05, 3.63) is 35.4 Å². The molecule has 0 saturated carbocycles. The molecule has 3 heteroatoms. The van der Waals surface area contributed by atoms with Gasteiger partial charge in [0, 0.05) is 18.0 Å². The number of amides is 1. The van der Waals surface area contributed by atoms with Gasteiger partial charge < -0.3 is 5.32 Å². The molecular weight excluding hydrogens is 270 g/mol. The van der Waals surface area contributed by atoms with Crippen molar-refractivity contribution in [3.8, 4) is 0 Å². The topological polar surface area (TPSA) is 29.1 Å². The monoisotopic (exact) mass is 295 g/mol. The molecule has 0 radical (unpaired) electrons. The van der Waals surface area contributed by atoms with E-state index in [1.165, 1.54) is 0 Å². The molecule has 0 unspecified atom stereocenters. The maximum Gasteiger partial charge on any atom is 0.251 e. The minimum Gasteiger partial charge on any atom is -0.351 e. The fourth-order valence-corrected chi connectivity index (χ4v) is 2.61. The van der Waals surface area contributed by atoms with Gasteiger partial charge in [-0.2, -0.15) is 0 Å². The zero-order valence-electron chi connectivity index (χ0n) is 13.2. The fraction of sp³-hybridized carbons (Fsp3) is 0.588. The lowest BCUT2D eigenvalue weighted by atomic mass is 9.83. The molecule has 0 fully saturated rings. The van der Waals surface area contributed by atoms with Crippen LogP contribution in [0.15, 0.2) is 24.3 Å². The highest BCUT2D eigenvalue weighted by molar-refractivity contribution is 6.17. The molecule has 0 aliphatic heterocycles. The predicted molar refractivity (Wildman–Crippen MR) is 86.6 cm³/mol. The first-order chi connectivity index (χ1) is 9.17. The highest BCUT2D eigenvalue weighted by Crippen LogP contribution is 2.26. The maximum atomic E-state index is 12.4. The van der Waals surface area contributed by atoms with Crippen molar-refractivity contribution in [2.45, 2.75) is 46.5 Å². The molecule has 0 heterocycles. The van der Waals surface area contributed by atoms with Gasteiger partial charge in [-0.25, -0.2) is 0 Å². The van der Waals surface area contributed by atoms with Crippen molar-refractivity contribution in [1.29, 1.82) is 0 Å². The Kier molecular flexibility index (Phi) is 5.64. The maximum absolute atomic E-state index is 12.4. The normalized spacial score (nSPS) is 12.3. The fourth-order valence-electron chi connectivity index (χ4n) is 2.09. The van der Waals surface area contributed by atoms with Crippen LogP contribution < -0.4 is 5.32 Å². The first-order valence-corrected chi connectivity index (χ1v) is 7.64. The molecule has 1 amide bonds. The summed E-state index contributed by atoms with van der Waals surface area (Å²) in [7, 11) is 0. The molecular formula is C17H26ClNO. The molecule has 0 aliphatic rings. The van der Waals surface area contributed by atoms with Crippen molar-refractivity contribution in [1.82, 2.24) is 5.32 Å². The summed E-state index contributed by atoms with van der Waals surface area (Å²) in [4.78, 5) is 12.4. The Hall–Kier alpha value is -1.02. The third kappa shape index (κ3) is 4.82. The smallest absolute Gasteiger partial charge is 0.251 e. The summed E-state index contributed by atoms with van der Waals surface area (Å²) in [6, 6.07) is 7.81. The number of halogens is 1. The third-order valence-corrected chi connectivity index (χ3v) is 3.67. The first-order valence-electron chi connectivity index (χ1n) is 7.11. The van der Waals surface area contributed by atoms with Gasteiger partial charge in [-0.1, -0.05) is 52.8 Å². The van der Waals surface area contributed by atoms with Crippen LogP contribution in [-0.2, 0) is 5.41 Å². The van der Waals surface area contributed by atoms with E-state index in [-0.39, 0.29) is 16.7 Å². The van der Waals surface area contributed by atoms with Gasteiger partial charge >= 0.3 is 0 Å². The largest absolute Gasteiger partial charge is 0.351 e. The Balaban J connectivity index is 2.84. The molecule has 0 aromatic heterocycles. The number of hydrogen-bond acceptors (Lipinski definition) is 1. The van der Waals surface area contributed by atoms with Crippen molar-refractivity contribution in [2.75, 3.05) is 12.4 Å². The standard InChI is InChI=1S/C17H26ClNO/c1-16(2,3)14-9-7-6-8-13(14)15(20)19-12-17(4,5)10-11-18/h6-9H,10-12H2,1-5H3,(H,19,20). The molecule has 0 spiro atoms. The van der Waals surface area contributed by atoms with Gasteiger partial charge in [0.15, 0.2) is 0 Å². The molecule has 1 aromatic rings. The van der Waals surface area contributed by atoms with Gasteiger partial charge in [-0.15, -0.1) is 11.6 Å². The number of carbonyl (C=O) groups is 1. The van der Waals surface area contributed by atoms with E-state index in [0.717, 1.165) is 17.5 Å². The summed E-state index contributed by atoms with van der Waals surface area (Å²) >= 11 is 5.79. The highest BCUT2D eigenvalue weighted by Gasteiger charge is 2.23. The Morgan fingerprint density at radius 1 is 1.15 bits per heavy atom. The number of benzene rings is 1. The summed E-state index contributed by atoms with van der Waals surface area (Å²) in [5.41, 5.74) is 1.82. The third-order valence-electron chi connectivity index (χ3n) is 3.48. The van der Waals surface area contributed by atoms with Crippen LogP contribution in [0.4, 0.5) is 0 Å². The number of nitrogens with one attached hydrogen (secondary N) is 1. The second-order valence-corrected chi connectivity index (χ2v) is 7.46. The molecule has 0 saturated heterocycles. The van der Waals surface area contributed by atoms with E-state index in [4.69, 9.17) is 11.6 Å². The second kappa shape index (κ2) is 6.62. The molecule has 1 rings (SSSR count). The van der Waals surface area contributed by atoms with Gasteiger partial charge in [-0.3, -0.25) is 4.79 Å². The molecule has 2 nitrogen and oxygen atoms in total. The Morgan fingerprint density at radius 3 is 2.30 bits per heavy atom. The van der Waals surface area contributed by atoms with E-state index in [0.29, 0.717) is 12.4 Å². The number of hydrogen-bond donors (Lipinski definition) is 1. The quantitative estimate of drug-likeness (QED) is 0.803. The van der Waals surface area contributed by atoms with Crippen LogP contribution in [0.5, 0.6) is 0 Å². The Bertz CT molecular complexity index is 460.